The number of aliphatic hydroxyl groups excluding tert-OH is 1. The molecule has 1 aliphatic rings. The molecule has 0 bridgehead atoms. The van der Waals surface area contributed by atoms with Crippen molar-refractivity contribution in [2.45, 2.75) is 18.5 Å². The highest BCUT2D eigenvalue weighted by molar-refractivity contribution is 5.93. The number of ether oxygens (including phenoxy) is 3. The number of carbonyl (C=O) groups is 2. The lowest BCUT2D eigenvalue weighted by Crippen LogP contribution is -2.40. The van der Waals surface area contributed by atoms with Crippen LogP contribution in [0.25, 0.3) is 0 Å². The molecule has 1 aliphatic heterocycles. The van der Waals surface area contributed by atoms with Crippen LogP contribution in [0.15, 0.2) is 36.4 Å². The van der Waals surface area contributed by atoms with Crippen LogP contribution in [0.5, 0.6) is 5.75 Å². The van der Waals surface area contributed by atoms with Crippen molar-refractivity contribution in [3.05, 3.63) is 42.0 Å². The molecule has 0 fully saturated rings. The van der Waals surface area contributed by atoms with Gasteiger partial charge in [0, 0.05) is 18.7 Å². The number of cyclic esters (lactones) is 2. The SMILES string of the molecule is CN(C)C[C@H](O)COc1ccc(CC2(O)OC(=O)C=CC(=O)O2)cc1. The molecule has 0 amide bonds. The molecule has 0 aliphatic carbocycles. The molecule has 25 heavy (non-hydrogen) atoms. The molecule has 1 aromatic carbocycles. The Morgan fingerprint density at radius 1 is 1.12 bits per heavy atom. The Morgan fingerprint density at radius 2 is 1.68 bits per heavy atom. The third-order valence-corrected chi connectivity index (χ3v) is 3.24. The number of esters is 2. The largest absolute Gasteiger partial charge is 0.491 e. The summed E-state index contributed by atoms with van der Waals surface area (Å²) in [5.74, 6) is -3.57. The molecule has 0 radical (unpaired) electrons. The first-order valence-corrected chi connectivity index (χ1v) is 7.67. The van der Waals surface area contributed by atoms with Crippen LogP contribution in [0.2, 0.25) is 0 Å². The molecule has 8 heteroatoms. The molecule has 2 rings (SSSR count). The fraction of sp³-hybridized carbons (Fsp3) is 0.412. The molecule has 1 atom stereocenters. The Kier molecular flexibility index (Phi) is 6.13. The summed E-state index contributed by atoms with van der Waals surface area (Å²) in [5.41, 5.74) is 0.561. The van der Waals surface area contributed by atoms with E-state index in [-0.39, 0.29) is 13.0 Å². The van der Waals surface area contributed by atoms with Gasteiger partial charge < -0.3 is 29.3 Å². The third-order valence-electron chi connectivity index (χ3n) is 3.24. The molecule has 0 saturated carbocycles. The molecule has 0 aromatic heterocycles. The van der Waals surface area contributed by atoms with Gasteiger partial charge in [0.25, 0.3) is 0 Å². The van der Waals surface area contributed by atoms with E-state index in [0.717, 1.165) is 12.2 Å². The maximum Gasteiger partial charge on any atom is 0.377 e. The van der Waals surface area contributed by atoms with Crippen molar-refractivity contribution in [3.8, 4) is 5.75 Å². The summed E-state index contributed by atoms with van der Waals surface area (Å²) in [6, 6.07) is 6.54. The zero-order valence-corrected chi connectivity index (χ0v) is 14.0. The summed E-state index contributed by atoms with van der Waals surface area (Å²) in [5, 5.41) is 19.9. The summed E-state index contributed by atoms with van der Waals surface area (Å²) in [4.78, 5) is 24.6. The molecule has 0 spiro atoms. The first kappa shape index (κ1) is 18.9. The molecule has 1 heterocycles. The summed E-state index contributed by atoms with van der Waals surface area (Å²) >= 11 is 0. The highest BCUT2D eigenvalue weighted by atomic mass is 16.8. The Bertz CT molecular complexity index is 619. The number of benzene rings is 1. The lowest BCUT2D eigenvalue weighted by atomic mass is 10.1. The first-order chi connectivity index (χ1) is 11.8. The summed E-state index contributed by atoms with van der Waals surface area (Å²) < 4.78 is 14.9. The highest BCUT2D eigenvalue weighted by Crippen LogP contribution is 2.22. The van der Waals surface area contributed by atoms with Crippen molar-refractivity contribution in [1.29, 1.82) is 0 Å². The van der Waals surface area contributed by atoms with E-state index < -0.39 is 24.0 Å². The Balaban J connectivity index is 1.93. The zero-order valence-electron chi connectivity index (χ0n) is 14.0. The molecule has 8 nitrogen and oxygen atoms in total. The lowest BCUT2D eigenvalue weighted by molar-refractivity contribution is -0.318. The van der Waals surface area contributed by atoms with E-state index >= 15 is 0 Å². The van der Waals surface area contributed by atoms with E-state index in [2.05, 4.69) is 0 Å². The van der Waals surface area contributed by atoms with Gasteiger partial charge in [-0.05, 0) is 31.8 Å². The predicted octanol–water partition coefficient (Wildman–Crippen LogP) is -0.167. The fourth-order valence-corrected chi connectivity index (χ4v) is 2.24. The van der Waals surface area contributed by atoms with Gasteiger partial charge in [-0.1, -0.05) is 12.1 Å². The van der Waals surface area contributed by atoms with Crippen molar-refractivity contribution in [2.24, 2.45) is 0 Å². The number of hydrogen-bond donors (Lipinski definition) is 2. The van der Waals surface area contributed by atoms with Gasteiger partial charge in [-0.25, -0.2) is 9.59 Å². The minimum atomic E-state index is -2.36. The van der Waals surface area contributed by atoms with Crippen molar-refractivity contribution in [3.63, 3.8) is 0 Å². The quantitative estimate of drug-likeness (QED) is 0.653. The van der Waals surface area contributed by atoms with Crippen molar-refractivity contribution in [2.75, 3.05) is 27.2 Å². The Hall–Kier alpha value is -2.42. The highest BCUT2D eigenvalue weighted by Gasteiger charge is 2.37. The van der Waals surface area contributed by atoms with E-state index in [1.165, 1.54) is 0 Å². The summed E-state index contributed by atoms with van der Waals surface area (Å²) in [6.07, 6.45) is 0.926. The van der Waals surface area contributed by atoms with Crippen molar-refractivity contribution in [1.82, 2.24) is 4.90 Å². The Labute approximate surface area is 145 Å². The normalized spacial score (nSPS) is 17.6. The van der Waals surface area contributed by atoms with Crippen LogP contribution in [-0.2, 0) is 25.5 Å². The second kappa shape index (κ2) is 8.11. The van der Waals surface area contributed by atoms with E-state index in [1.54, 1.807) is 24.3 Å². The molecule has 2 N–H and O–H groups in total. The maximum atomic E-state index is 11.4. The molecular formula is C17H21NO7. The number of hydrogen-bond acceptors (Lipinski definition) is 8. The van der Waals surface area contributed by atoms with Crippen molar-refractivity contribution >= 4 is 11.9 Å². The number of rotatable bonds is 7. The molecular weight excluding hydrogens is 330 g/mol. The maximum absolute atomic E-state index is 11.4. The van der Waals surface area contributed by atoms with Crippen LogP contribution in [0.1, 0.15) is 5.56 Å². The minimum Gasteiger partial charge on any atom is -0.491 e. The second-order valence-corrected chi connectivity index (χ2v) is 5.94. The van der Waals surface area contributed by atoms with Crippen LogP contribution in [0.3, 0.4) is 0 Å². The minimum absolute atomic E-state index is 0.141. The predicted molar refractivity (Wildman–Crippen MR) is 86.5 cm³/mol. The lowest BCUT2D eigenvalue weighted by Gasteiger charge is -2.24. The number of aliphatic hydroxyl groups is 2. The monoisotopic (exact) mass is 351 g/mol. The number of carbonyl (C=O) groups excluding carboxylic acids is 2. The summed E-state index contributed by atoms with van der Waals surface area (Å²) in [6.45, 7) is 0.623. The van der Waals surface area contributed by atoms with Gasteiger partial charge in [-0.15, -0.1) is 0 Å². The van der Waals surface area contributed by atoms with Crippen LogP contribution in [0, 0.1) is 0 Å². The standard InChI is InChI=1S/C17H21NO7/c1-18(2)10-13(19)11-23-14-5-3-12(4-6-14)9-17(22)24-15(20)7-8-16(21)25-17/h3-8,13,19,22H,9-11H2,1-2H3/t13-/m0/s1. The third kappa shape index (κ3) is 6.18. The van der Waals surface area contributed by atoms with E-state index in [9.17, 15) is 19.8 Å². The number of nitrogens with zero attached hydrogens (tertiary/aromatic N) is 1. The summed E-state index contributed by atoms with van der Waals surface area (Å²) in [7, 11) is 3.71. The van der Waals surface area contributed by atoms with Crippen LogP contribution in [0.4, 0.5) is 0 Å². The van der Waals surface area contributed by atoms with Crippen molar-refractivity contribution < 1.29 is 34.0 Å². The van der Waals surface area contributed by atoms with Gasteiger partial charge in [0.05, 0.1) is 6.42 Å². The average Bonchev–Trinajstić information content (AvgIpc) is 2.63. The van der Waals surface area contributed by atoms with Gasteiger partial charge in [0.2, 0.25) is 0 Å². The first-order valence-electron chi connectivity index (χ1n) is 7.67. The van der Waals surface area contributed by atoms with Gasteiger partial charge in [-0.3, -0.25) is 0 Å². The number of likely N-dealkylation sites (N-methyl/N-ethyl adjacent to an activating group) is 1. The van der Waals surface area contributed by atoms with Gasteiger partial charge in [-0.2, -0.15) is 0 Å². The van der Waals surface area contributed by atoms with Gasteiger partial charge in [0.15, 0.2) is 0 Å². The van der Waals surface area contributed by atoms with E-state index in [0.29, 0.717) is 17.9 Å². The van der Waals surface area contributed by atoms with E-state index in [1.807, 2.05) is 19.0 Å². The second-order valence-electron chi connectivity index (χ2n) is 5.94. The average molecular weight is 351 g/mol. The van der Waals surface area contributed by atoms with Crippen LogP contribution >= 0.6 is 0 Å². The molecule has 0 saturated heterocycles. The van der Waals surface area contributed by atoms with Crippen LogP contribution in [-0.4, -0.2) is 66.4 Å². The Morgan fingerprint density at radius 3 is 2.20 bits per heavy atom. The van der Waals surface area contributed by atoms with Crippen LogP contribution < -0.4 is 4.74 Å². The molecule has 0 unspecified atom stereocenters. The fourth-order valence-electron chi connectivity index (χ4n) is 2.24. The van der Waals surface area contributed by atoms with Gasteiger partial charge in [0.1, 0.15) is 18.5 Å². The van der Waals surface area contributed by atoms with Gasteiger partial charge >= 0.3 is 17.9 Å². The molecule has 1 aromatic rings. The topological polar surface area (TPSA) is 106 Å². The molecule has 136 valence electrons. The zero-order chi connectivity index (χ0) is 18.4. The van der Waals surface area contributed by atoms with E-state index in [4.69, 9.17) is 14.2 Å². The smallest absolute Gasteiger partial charge is 0.377 e.